The largest absolute Gasteiger partial charge is 0.379 e. The van der Waals surface area contributed by atoms with Crippen LogP contribution in [0.15, 0.2) is 71.6 Å². The van der Waals surface area contributed by atoms with E-state index in [1.165, 1.54) is 49.4 Å². The second kappa shape index (κ2) is 13.4. The molecule has 8 nitrogen and oxygen atoms in total. The Morgan fingerprint density at radius 2 is 1.65 bits per heavy atom. The van der Waals surface area contributed by atoms with Gasteiger partial charge in [0.25, 0.3) is 5.91 Å². The molecule has 2 amide bonds. The second-order valence-electron chi connectivity index (χ2n) is 9.41. The third kappa shape index (κ3) is 7.59. The van der Waals surface area contributed by atoms with E-state index in [1.54, 1.807) is 23.1 Å². The summed E-state index contributed by atoms with van der Waals surface area (Å²) in [6.07, 6.45) is 0.633. The lowest BCUT2D eigenvalue weighted by Crippen LogP contribution is -2.38. The van der Waals surface area contributed by atoms with Crippen LogP contribution in [0.5, 0.6) is 5.75 Å². The van der Waals surface area contributed by atoms with Gasteiger partial charge in [-0.3, -0.25) is 9.59 Å². The van der Waals surface area contributed by atoms with Crippen molar-refractivity contribution in [2.45, 2.75) is 58.5 Å². The molecule has 0 spiro atoms. The quantitative estimate of drug-likeness (QED) is 0.276. The van der Waals surface area contributed by atoms with Crippen LogP contribution in [0, 0.1) is 5.82 Å². The van der Waals surface area contributed by atoms with Gasteiger partial charge >= 0.3 is 10.1 Å². The normalized spacial score (nSPS) is 11.9. The molecule has 0 fully saturated rings. The number of halogens is 1. The molecule has 0 aromatic heterocycles. The van der Waals surface area contributed by atoms with Crippen molar-refractivity contribution in [1.82, 2.24) is 4.90 Å². The van der Waals surface area contributed by atoms with Gasteiger partial charge < -0.3 is 19.3 Å². The average molecular weight is 570 g/mol. The topological polar surface area (TPSA) is 96.0 Å². The smallest absolute Gasteiger partial charge is 0.339 e. The van der Waals surface area contributed by atoms with Crippen LogP contribution in [0.2, 0.25) is 0 Å². The van der Waals surface area contributed by atoms with Crippen LogP contribution in [0.4, 0.5) is 15.8 Å². The van der Waals surface area contributed by atoms with Gasteiger partial charge in [0, 0.05) is 61.2 Å². The minimum Gasteiger partial charge on any atom is -0.379 e. The van der Waals surface area contributed by atoms with E-state index >= 15 is 0 Å². The molecule has 1 N–H and O–H groups in total. The van der Waals surface area contributed by atoms with Gasteiger partial charge in [0.15, 0.2) is 0 Å². The highest BCUT2D eigenvalue weighted by Gasteiger charge is 2.25. The summed E-state index contributed by atoms with van der Waals surface area (Å²) in [5.41, 5.74) is 1.91. The molecule has 1 unspecified atom stereocenters. The number of amides is 2. The molecule has 40 heavy (non-hydrogen) atoms. The lowest BCUT2D eigenvalue weighted by atomic mass is 10.1. The third-order valence-corrected chi connectivity index (χ3v) is 7.89. The standard InChI is InChI=1S/C30H36FN3O5S/c1-6-21(4)34(30(36)23-10-9-11-25(31)18-23)20-24-12-15-27(33(7-2)8-3)19-29(24)39-40(37,38)28-16-13-26(14-17-28)32-22(5)35/h9-19,21H,6-8,20H2,1-5H3,(H,32,35). The Morgan fingerprint density at radius 3 is 2.23 bits per heavy atom. The Hall–Kier alpha value is -3.92. The Labute approximate surface area is 235 Å². The molecular weight excluding hydrogens is 533 g/mol. The van der Waals surface area contributed by atoms with E-state index in [9.17, 15) is 22.4 Å². The van der Waals surface area contributed by atoms with E-state index < -0.39 is 15.9 Å². The highest BCUT2D eigenvalue weighted by atomic mass is 32.2. The van der Waals surface area contributed by atoms with E-state index in [-0.39, 0.29) is 40.6 Å². The summed E-state index contributed by atoms with van der Waals surface area (Å²) >= 11 is 0. The van der Waals surface area contributed by atoms with Gasteiger partial charge in [-0.25, -0.2) is 4.39 Å². The predicted molar refractivity (Wildman–Crippen MR) is 155 cm³/mol. The van der Waals surface area contributed by atoms with Crippen molar-refractivity contribution in [3.05, 3.63) is 83.7 Å². The summed E-state index contributed by atoms with van der Waals surface area (Å²) in [7, 11) is -4.26. The molecule has 214 valence electrons. The first-order valence-corrected chi connectivity index (χ1v) is 14.7. The molecule has 0 aliphatic rings. The van der Waals surface area contributed by atoms with Gasteiger partial charge in [0.1, 0.15) is 16.5 Å². The maximum atomic E-state index is 13.9. The maximum absolute atomic E-state index is 13.9. The molecular formula is C30H36FN3O5S. The lowest BCUT2D eigenvalue weighted by molar-refractivity contribution is -0.114. The van der Waals surface area contributed by atoms with Gasteiger partial charge in [-0.05, 0) is 75.7 Å². The molecule has 0 heterocycles. The first-order chi connectivity index (χ1) is 19.0. The number of nitrogens with one attached hydrogen (secondary N) is 1. The third-order valence-electron chi connectivity index (χ3n) is 6.64. The van der Waals surface area contributed by atoms with E-state index in [1.807, 2.05) is 33.8 Å². The van der Waals surface area contributed by atoms with Crippen LogP contribution >= 0.6 is 0 Å². The fourth-order valence-corrected chi connectivity index (χ4v) is 5.19. The van der Waals surface area contributed by atoms with Crippen molar-refractivity contribution in [1.29, 1.82) is 0 Å². The van der Waals surface area contributed by atoms with E-state index in [4.69, 9.17) is 4.18 Å². The summed E-state index contributed by atoms with van der Waals surface area (Å²) in [6.45, 7) is 10.6. The van der Waals surface area contributed by atoms with E-state index in [0.717, 1.165) is 5.69 Å². The van der Waals surface area contributed by atoms with E-state index in [2.05, 4.69) is 10.2 Å². The lowest BCUT2D eigenvalue weighted by Gasteiger charge is -2.30. The fourth-order valence-electron chi connectivity index (χ4n) is 4.23. The van der Waals surface area contributed by atoms with Crippen LogP contribution < -0.4 is 14.4 Å². The molecule has 0 aliphatic heterocycles. The Bertz CT molecular complexity index is 1440. The van der Waals surface area contributed by atoms with Crippen molar-refractivity contribution < 1.29 is 26.6 Å². The Morgan fingerprint density at radius 1 is 0.975 bits per heavy atom. The molecule has 0 saturated heterocycles. The summed E-state index contributed by atoms with van der Waals surface area (Å²) in [6, 6.07) is 16.2. The van der Waals surface area contributed by atoms with E-state index in [0.29, 0.717) is 30.8 Å². The zero-order valence-electron chi connectivity index (χ0n) is 23.5. The number of carbonyl (C=O) groups excluding carboxylic acids is 2. The first-order valence-electron chi connectivity index (χ1n) is 13.3. The summed E-state index contributed by atoms with van der Waals surface area (Å²) in [5.74, 6) is -1.07. The van der Waals surface area contributed by atoms with Crippen molar-refractivity contribution in [3.63, 3.8) is 0 Å². The first kappa shape index (κ1) is 30.6. The SMILES string of the molecule is CCC(C)N(Cc1ccc(N(CC)CC)cc1OS(=O)(=O)c1ccc(NC(C)=O)cc1)C(=O)c1cccc(F)c1. The number of hydrogen-bond donors (Lipinski definition) is 1. The van der Waals surface area contributed by atoms with Gasteiger partial charge in [0.2, 0.25) is 5.91 Å². The zero-order chi connectivity index (χ0) is 29.4. The molecule has 0 bridgehead atoms. The molecule has 3 aromatic rings. The second-order valence-corrected chi connectivity index (χ2v) is 11.0. The van der Waals surface area contributed by atoms with Gasteiger partial charge in [-0.15, -0.1) is 0 Å². The molecule has 3 rings (SSSR count). The minimum absolute atomic E-state index is 0.0508. The molecule has 3 aromatic carbocycles. The number of nitrogens with zero attached hydrogens (tertiary/aromatic N) is 2. The minimum atomic E-state index is -4.26. The fraction of sp³-hybridized carbons (Fsp3) is 0.333. The van der Waals surface area contributed by atoms with Gasteiger partial charge in [-0.2, -0.15) is 8.42 Å². The summed E-state index contributed by atoms with van der Waals surface area (Å²) in [4.78, 5) is 28.3. The number of rotatable bonds is 12. The zero-order valence-corrected chi connectivity index (χ0v) is 24.3. The Balaban J connectivity index is 2.03. The van der Waals surface area contributed by atoms with Crippen molar-refractivity contribution in [2.24, 2.45) is 0 Å². The van der Waals surface area contributed by atoms with Crippen molar-refractivity contribution >= 4 is 33.3 Å². The highest BCUT2D eigenvalue weighted by molar-refractivity contribution is 7.87. The summed E-state index contributed by atoms with van der Waals surface area (Å²) in [5, 5.41) is 2.60. The number of carbonyl (C=O) groups is 2. The number of benzene rings is 3. The maximum Gasteiger partial charge on any atom is 0.339 e. The van der Waals surface area contributed by atoms with Crippen LogP contribution in [0.25, 0.3) is 0 Å². The molecule has 10 heteroatoms. The predicted octanol–water partition coefficient (Wildman–Crippen LogP) is 5.84. The number of hydrogen-bond acceptors (Lipinski definition) is 6. The van der Waals surface area contributed by atoms with Crippen molar-refractivity contribution in [2.75, 3.05) is 23.3 Å². The molecule has 0 radical (unpaired) electrons. The monoisotopic (exact) mass is 569 g/mol. The van der Waals surface area contributed by atoms with Crippen LogP contribution in [0.1, 0.15) is 57.0 Å². The van der Waals surface area contributed by atoms with Crippen LogP contribution in [-0.2, 0) is 21.5 Å². The number of anilines is 2. The summed E-state index contributed by atoms with van der Waals surface area (Å²) < 4.78 is 46.3. The van der Waals surface area contributed by atoms with Crippen LogP contribution in [-0.4, -0.2) is 44.3 Å². The highest BCUT2D eigenvalue weighted by Crippen LogP contribution is 2.31. The van der Waals surface area contributed by atoms with Gasteiger partial charge in [-0.1, -0.05) is 19.1 Å². The molecule has 0 aliphatic carbocycles. The van der Waals surface area contributed by atoms with Gasteiger partial charge in [0.05, 0.1) is 0 Å². The van der Waals surface area contributed by atoms with Crippen molar-refractivity contribution in [3.8, 4) is 5.75 Å². The molecule has 0 saturated carbocycles. The Kier molecular flexibility index (Phi) is 10.3. The average Bonchev–Trinajstić information content (AvgIpc) is 2.92. The molecule has 1 atom stereocenters. The van der Waals surface area contributed by atoms with Crippen LogP contribution in [0.3, 0.4) is 0 Å².